The van der Waals surface area contributed by atoms with Crippen LogP contribution in [-0.2, 0) is 23.9 Å². The van der Waals surface area contributed by atoms with Gasteiger partial charge in [-0.2, -0.15) is 0 Å². The average Bonchev–Trinajstić information content (AvgIpc) is 3.00. The summed E-state index contributed by atoms with van der Waals surface area (Å²) in [5.74, 6) is -0.936. The Morgan fingerprint density at radius 1 is 0.927 bits per heavy atom. The summed E-state index contributed by atoms with van der Waals surface area (Å²) in [7, 11) is 0. The fraction of sp³-hybridized carbons (Fsp3) is 0.667. The van der Waals surface area contributed by atoms with E-state index in [1.165, 1.54) is 0 Å². The van der Waals surface area contributed by atoms with Crippen molar-refractivity contribution in [2.75, 3.05) is 65.5 Å². The van der Waals surface area contributed by atoms with Gasteiger partial charge in [0.15, 0.2) is 0 Å². The van der Waals surface area contributed by atoms with Crippen LogP contribution in [0.4, 0.5) is 9.59 Å². The Morgan fingerprint density at radius 3 is 2.20 bits per heavy atom. The molecule has 2 aliphatic rings. The molecule has 1 fully saturated rings. The molecule has 0 saturated carbocycles. The largest absolute Gasteiger partial charge is 0.495 e. The molecule has 0 aliphatic carbocycles. The fourth-order valence-electron chi connectivity index (χ4n) is 3.88. The van der Waals surface area contributed by atoms with Crippen LogP contribution in [-0.4, -0.2) is 112 Å². The predicted molar refractivity (Wildman–Crippen MR) is 154 cm³/mol. The number of carbonyl (C=O) groups excluding carboxylic acids is 5. The summed E-state index contributed by atoms with van der Waals surface area (Å²) in [6.07, 6.45) is 9.13. The van der Waals surface area contributed by atoms with Gasteiger partial charge in [0, 0.05) is 58.3 Å². The van der Waals surface area contributed by atoms with Gasteiger partial charge in [-0.1, -0.05) is 13.8 Å². The minimum atomic E-state index is -0.511. The third-order valence-corrected chi connectivity index (χ3v) is 6.04. The van der Waals surface area contributed by atoms with Crippen molar-refractivity contribution in [3.63, 3.8) is 0 Å². The molecule has 0 aromatic carbocycles. The van der Waals surface area contributed by atoms with E-state index < -0.39 is 23.9 Å². The first-order chi connectivity index (χ1) is 20.0. The number of hydrazine groups is 1. The predicted octanol–water partition coefficient (Wildman–Crippen LogP) is 0.421. The molecule has 0 aromatic rings. The van der Waals surface area contributed by atoms with Crippen molar-refractivity contribution in [1.82, 2.24) is 36.6 Å². The number of hydrogen-bond acceptors (Lipinski definition) is 9. The molecule has 41 heavy (non-hydrogen) atoms. The molecule has 0 aromatic heterocycles. The standard InChI is InChI=1S/C25H41N7O7.C2H6/c33-18-3-7-22(34)26-11-8-23(35)29-30-24(36)27-9-4-12-31-14-16-32(17-15-31)13-5-10-28-25(37)39-20-21-6-1-2-19-38-21;1-2/h2-3,7,18-19,21H,1,4-6,8-17,20H2,(H,26,34)(H,28,37)(H,29,35)(H2,27,30,36);1-2H3/b7-3-;. The van der Waals surface area contributed by atoms with Crippen LogP contribution in [0.3, 0.4) is 0 Å². The van der Waals surface area contributed by atoms with Crippen LogP contribution in [0.25, 0.3) is 0 Å². The zero-order valence-electron chi connectivity index (χ0n) is 24.3. The molecule has 2 heterocycles. The number of piperazine rings is 1. The van der Waals surface area contributed by atoms with E-state index in [-0.39, 0.29) is 25.7 Å². The second-order valence-corrected chi connectivity index (χ2v) is 9.09. The van der Waals surface area contributed by atoms with Gasteiger partial charge in [-0.3, -0.25) is 19.8 Å². The zero-order chi connectivity index (χ0) is 30.1. The summed E-state index contributed by atoms with van der Waals surface area (Å²) in [5, 5.41) is 7.91. The van der Waals surface area contributed by atoms with E-state index in [9.17, 15) is 24.0 Å². The topological polar surface area (TPSA) is 170 Å². The number of alkyl carbamates (subject to hydrolysis) is 1. The first-order valence-corrected chi connectivity index (χ1v) is 14.3. The van der Waals surface area contributed by atoms with Crippen molar-refractivity contribution in [2.45, 2.75) is 52.1 Å². The summed E-state index contributed by atoms with van der Waals surface area (Å²) in [5.41, 5.74) is 4.53. The highest BCUT2D eigenvalue weighted by Crippen LogP contribution is 2.10. The van der Waals surface area contributed by atoms with E-state index in [1.807, 2.05) is 19.9 Å². The number of amides is 5. The number of allylic oxidation sites excluding steroid dienone is 2. The number of urea groups is 1. The van der Waals surface area contributed by atoms with E-state index in [0.717, 1.165) is 77.1 Å². The van der Waals surface area contributed by atoms with E-state index in [2.05, 4.69) is 36.6 Å². The molecule has 5 N–H and O–H groups in total. The monoisotopic (exact) mass is 581 g/mol. The summed E-state index contributed by atoms with van der Waals surface area (Å²) in [4.78, 5) is 61.4. The first kappa shape index (κ1) is 35.4. The Balaban J connectivity index is 0.00000411. The van der Waals surface area contributed by atoms with Gasteiger partial charge < -0.3 is 35.2 Å². The molecule has 0 radical (unpaired) electrons. The highest BCUT2D eigenvalue weighted by atomic mass is 16.6. The Labute approximate surface area is 242 Å². The third-order valence-electron chi connectivity index (χ3n) is 6.04. The van der Waals surface area contributed by atoms with Gasteiger partial charge in [0.05, 0.1) is 6.26 Å². The van der Waals surface area contributed by atoms with E-state index in [0.29, 0.717) is 19.4 Å². The van der Waals surface area contributed by atoms with Crippen LogP contribution in [0.5, 0.6) is 0 Å². The highest BCUT2D eigenvalue weighted by Gasteiger charge is 2.17. The molecule has 1 atom stereocenters. The lowest BCUT2D eigenvalue weighted by atomic mass is 10.2. The molecule has 2 rings (SSSR count). The van der Waals surface area contributed by atoms with Gasteiger partial charge in [0.25, 0.3) is 0 Å². The summed E-state index contributed by atoms with van der Waals surface area (Å²) >= 11 is 0. The third kappa shape index (κ3) is 18.3. The molecule has 1 saturated heterocycles. The highest BCUT2D eigenvalue weighted by molar-refractivity contribution is 5.91. The first-order valence-electron chi connectivity index (χ1n) is 14.3. The van der Waals surface area contributed by atoms with Crippen molar-refractivity contribution in [2.24, 2.45) is 0 Å². The van der Waals surface area contributed by atoms with Gasteiger partial charge >= 0.3 is 12.1 Å². The van der Waals surface area contributed by atoms with Gasteiger partial charge in [0.1, 0.15) is 19.0 Å². The Hall–Kier alpha value is -3.65. The lowest BCUT2D eigenvalue weighted by Gasteiger charge is -2.34. The lowest BCUT2D eigenvalue weighted by molar-refractivity contribution is -0.122. The number of aldehydes is 1. The molecule has 14 nitrogen and oxygen atoms in total. The molecule has 14 heteroatoms. The summed E-state index contributed by atoms with van der Waals surface area (Å²) in [6, 6.07) is -0.511. The molecular weight excluding hydrogens is 534 g/mol. The number of nitrogens with zero attached hydrogens (tertiary/aromatic N) is 2. The van der Waals surface area contributed by atoms with Crippen LogP contribution < -0.4 is 26.8 Å². The number of nitrogens with one attached hydrogen (secondary N) is 5. The number of carbonyl (C=O) groups is 5. The number of rotatable bonds is 15. The second-order valence-electron chi connectivity index (χ2n) is 9.09. The molecule has 5 amide bonds. The average molecular weight is 582 g/mol. The molecule has 1 unspecified atom stereocenters. The van der Waals surface area contributed by atoms with Gasteiger partial charge in [-0.25, -0.2) is 15.0 Å². The Bertz CT molecular complexity index is 846. The summed E-state index contributed by atoms with van der Waals surface area (Å²) < 4.78 is 10.6. The van der Waals surface area contributed by atoms with E-state index in [4.69, 9.17) is 9.47 Å². The Kier molecular flexibility index (Phi) is 19.9. The van der Waals surface area contributed by atoms with Crippen molar-refractivity contribution < 1.29 is 33.4 Å². The van der Waals surface area contributed by atoms with Crippen LogP contribution in [0.15, 0.2) is 24.5 Å². The van der Waals surface area contributed by atoms with Crippen LogP contribution in [0.2, 0.25) is 0 Å². The summed E-state index contributed by atoms with van der Waals surface area (Å²) in [6.45, 7) is 10.9. The SMILES string of the molecule is CC.O=C/C=C\C(=O)NCCC(=O)NNC(=O)NCCCN1CCN(CCCNC(=O)OCC2CCC=CO2)CC1. The maximum absolute atomic E-state index is 11.8. The minimum absolute atomic E-state index is 0.0234. The van der Waals surface area contributed by atoms with Crippen LogP contribution in [0, 0.1) is 0 Å². The molecular formula is C27H47N7O7. The maximum Gasteiger partial charge on any atom is 0.407 e. The molecule has 232 valence electrons. The van der Waals surface area contributed by atoms with Crippen molar-refractivity contribution in [1.29, 1.82) is 0 Å². The van der Waals surface area contributed by atoms with Gasteiger partial charge in [-0.05, 0) is 50.9 Å². The fourth-order valence-corrected chi connectivity index (χ4v) is 3.88. The lowest BCUT2D eigenvalue weighted by Crippen LogP contribution is -2.49. The maximum atomic E-state index is 11.8. The molecule has 2 aliphatic heterocycles. The number of ether oxygens (including phenoxy) is 2. The molecule has 0 spiro atoms. The van der Waals surface area contributed by atoms with Crippen LogP contribution >= 0.6 is 0 Å². The minimum Gasteiger partial charge on any atom is -0.495 e. The van der Waals surface area contributed by atoms with Crippen molar-refractivity contribution in [3.05, 3.63) is 24.5 Å². The van der Waals surface area contributed by atoms with E-state index >= 15 is 0 Å². The quantitative estimate of drug-likeness (QED) is 0.0796. The van der Waals surface area contributed by atoms with Crippen molar-refractivity contribution in [3.8, 4) is 0 Å². The van der Waals surface area contributed by atoms with Crippen LogP contribution in [0.1, 0.15) is 46.0 Å². The Morgan fingerprint density at radius 2 is 1.59 bits per heavy atom. The van der Waals surface area contributed by atoms with E-state index in [1.54, 1.807) is 6.26 Å². The van der Waals surface area contributed by atoms with Crippen molar-refractivity contribution >= 4 is 30.2 Å². The smallest absolute Gasteiger partial charge is 0.407 e. The van der Waals surface area contributed by atoms with Gasteiger partial charge in [-0.15, -0.1) is 0 Å². The normalized spacial score (nSPS) is 16.9. The number of hydrogen-bond donors (Lipinski definition) is 5. The second kappa shape index (κ2) is 23.1. The molecule has 0 bridgehead atoms. The van der Waals surface area contributed by atoms with Gasteiger partial charge in [0.2, 0.25) is 11.8 Å². The zero-order valence-corrected chi connectivity index (χ0v) is 24.3.